The van der Waals surface area contributed by atoms with Crippen molar-refractivity contribution in [1.29, 1.82) is 5.26 Å². The van der Waals surface area contributed by atoms with Crippen LogP contribution in [0.2, 0.25) is 0 Å². The highest BCUT2D eigenvalue weighted by Crippen LogP contribution is 2.30. The van der Waals surface area contributed by atoms with Gasteiger partial charge in [-0.05, 0) is 55.8 Å². The van der Waals surface area contributed by atoms with Gasteiger partial charge in [-0.3, -0.25) is 0 Å². The Morgan fingerprint density at radius 3 is 2.55 bits per heavy atom. The molecule has 1 fully saturated rings. The molecule has 1 heterocycles. The second-order valence-electron chi connectivity index (χ2n) is 8.70. The summed E-state index contributed by atoms with van der Waals surface area (Å²) in [5.74, 6) is 1.66. The third kappa shape index (κ3) is 5.15. The molecule has 1 aromatic heterocycles. The molecule has 5 heteroatoms. The van der Waals surface area contributed by atoms with Crippen molar-refractivity contribution >= 4 is 22.4 Å². The van der Waals surface area contributed by atoms with Crippen LogP contribution in [-0.2, 0) is 6.54 Å². The van der Waals surface area contributed by atoms with E-state index < -0.39 is 0 Å². The van der Waals surface area contributed by atoms with Crippen LogP contribution in [-0.4, -0.2) is 31.7 Å². The van der Waals surface area contributed by atoms with Gasteiger partial charge < -0.3 is 15.5 Å². The molecule has 0 amide bonds. The summed E-state index contributed by atoms with van der Waals surface area (Å²) in [7, 11) is 4.16. The van der Waals surface area contributed by atoms with Gasteiger partial charge in [0.1, 0.15) is 5.82 Å². The predicted molar refractivity (Wildman–Crippen MR) is 128 cm³/mol. The lowest BCUT2D eigenvalue weighted by Gasteiger charge is -2.30. The molecule has 4 rings (SSSR count). The highest BCUT2D eigenvalue weighted by atomic mass is 15.1. The predicted octanol–water partition coefficient (Wildman–Crippen LogP) is 4.93. The van der Waals surface area contributed by atoms with Gasteiger partial charge in [-0.15, -0.1) is 0 Å². The first-order chi connectivity index (χ1) is 15.1. The van der Waals surface area contributed by atoms with Crippen molar-refractivity contribution in [2.45, 2.75) is 38.3 Å². The Morgan fingerprint density at radius 1 is 1.03 bits per heavy atom. The number of fused-ring (bicyclic) bond motifs is 1. The van der Waals surface area contributed by atoms with Crippen LogP contribution in [0.15, 0.2) is 54.6 Å². The lowest BCUT2D eigenvalue weighted by molar-refractivity contribution is 0.324. The zero-order valence-corrected chi connectivity index (χ0v) is 18.4. The molecule has 1 aliphatic rings. The lowest BCUT2D eigenvalue weighted by Crippen LogP contribution is -2.31. The summed E-state index contributed by atoms with van der Waals surface area (Å²) in [5.41, 5.74) is 4.08. The Balaban J connectivity index is 1.30. The maximum atomic E-state index is 9.23. The number of nitriles is 1. The zero-order chi connectivity index (χ0) is 21.6. The number of nitrogens with zero attached hydrogens (tertiary/aromatic N) is 3. The van der Waals surface area contributed by atoms with Crippen LogP contribution in [0.1, 0.15) is 36.8 Å². The fourth-order valence-electron chi connectivity index (χ4n) is 4.52. The van der Waals surface area contributed by atoms with E-state index >= 15 is 0 Å². The number of pyridine rings is 1. The van der Waals surface area contributed by atoms with Crippen LogP contribution in [0.25, 0.3) is 10.9 Å². The van der Waals surface area contributed by atoms with Crippen molar-refractivity contribution in [3.05, 3.63) is 65.7 Å². The molecule has 2 aromatic carbocycles. The SMILES string of the molecule is CN(C)c1cc(NC2CCC(CNCc3ccccc3C#N)CC2)nc2ccccc12. The number of nitrogens with one attached hydrogen (secondary N) is 2. The van der Waals surface area contributed by atoms with Gasteiger partial charge in [0.15, 0.2) is 0 Å². The van der Waals surface area contributed by atoms with Crippen molar-refractivity contribution in [3.63, 3.8) is 0 Å². The van der Waals surface area contributed by atoms with Gasteiger partial charge >= 0.3 is 0 Å². The summed E-state index contributed by atoms with van der Waals surface area (Å²) >= 11 is 0. The number of benzene rings is 2. The first-order valence-corrected chi connectivity index (χ1v) is 11.2. The Bertz CT molecular complexity index is 1060. The van der Waals surface area contributed by atoms with Gasteiger partial charge in [0.05, 0.1) is 17.1 Å². The number of aromatic nitrogens is 1. The molecule has 0 radical (unpaired) electrons. The number of para-hydroxylation sites is 1. The summed E-state index contributed by atoms with van der Waals surface area (Å²) in [6.07, 6.45) is 4.73. The van der Waals surface area contributed by atoms with Crippen molar-refractivity contribution in [1.82, 2.24) is 10.3 Å². The first kappa shape index (κ1) is 21.1. The van der Waals surface area contributed by atoms with Crippen LogP contribution in [0.5, 0.6) is 0 Å². The van der Waals surface area contributed by atoms with E-state index in [0.29, 0.717) is 12.0 Å². The summed E-state index contributed by atoms with van der Waals surface area (Å²) in [6, 6.07) is 21.1. The van der Waals surface area contributed by atoms with E-state index in [1.165, 1.54) is 23.9 Å². The topological polar surface area (TPSA) is 64.0 Å². The molecule has 0 spiro atoms. The van der Waals surface area contributed by atoms with E-state index in [1.54, 1.807) is 0 Å². The highest BCUT2D eigenvalue weighted by molar-refractivity contribution is 5.93. The Labute approximate surface area is 185 Å². The molecular formula is C26H31N5. The largest absolute Gasteiger partial charge is 0.377 e. The summed E-state index contributed by atoms with van der Waals surface area (Å²) in [4.78, 5) is 7.01. The summed E-state index contributed by atoms with van der Waals surface area (Å²) in [6.45, 7) is 1.77. The Hall–Kier alpha value is -3.10. The number of anilines is 2. The van der Waals surface area contributed by atoms with Gasteiger partial charge in [0.25, 0.3) is 0 Å². The third-order valence-corrected chi connectivity index (χ3v) is 6.26. The highest BCUT2D eigenvalue weighted by Gasteiger charge is 2.21. The summed E-state index contributed by atoms with van der Waals surface area (Å²) in [5, 5.41) is 17.7. The molecular weight excluding hydrogens is 382 g/mol. The van der Waals surface area contributed by atoms with Crippen molar-refractivity contribution in [3.8, 4) is 6.07 Å². The molecule has 0 unspecified atom stereocenters. The summed E-state index contributed by atoms with van der Waals surface area (Å²) < 4.78 is 0. The number of hydrogen-bond donors (Lipinski definition) is 2. The van der Waals surface area contributed by atoms with E-state index in [-0.39, 0.29) is 0 Å². The lowest BCUT2D eigenvalue weighted by atomic mass is 9.86. The average Bonchev–Trinajstić information content (AvgIpc) is 2.80. The van der Waals surface area contributed by atoms with Crippen molar-refractivity contribution in [2.75, 3.05) is 30.9 Å². The van der Waals surface area contributed by atoms with Crippen molar-refractivity contribution in [2.24, 2.45) is 5.92 Å². The van der Waals surface area contributed by atoms with Gasteiger partial charge in [0, 0.05) is 43.8 Å². The smallest absolute Gasteiger partial charge is 0.128 e. The Kier molecular flexibility index (Phi) is 6.69. The third-order valence-electron chi connectivity index (χ3n) is 6.26. The van der Waals surface area contributed by atoms with E-state index in [0.717, 1.165) is 48.4 Å². The van der Waals surface area contributed by atoms with Crippen molar-refractivity contribution < 1.29 is 0 Å². The van der Waals surface area contributed by atoms with Gasteiger partial charge in [-0.1, -0.05) is 36.4 Å². The van der Waals surface area contributed by atoms with E-state index in [1.807, 2.05) is 30.3 Å². The monoisotopic (exact) mass is 413 g/mol. The first-order valence-electron chi connectivity index (χ1n) is 11.2. The molecule has 0 bridgehead atoms. The van der Waals surface area contributed by atoms with Crippen LogP contribution >= 0.6 is 0 Å². The number of hydrogen-bond acceptors (Lipinski definition) is 5. The fourth-order valence-corrected chi connectivity index (χ4v) is 4.52. The quantitative estimate of drug-likeness (QED) is 0.575. The minimum Gasteiger partial charge on any atom is -0.377 e. The number of rotatable bonds is 7. The van der Waals surface area contributed by atoms with Crippen LogP contribution in [0, 0.1) is 17.2 Å². The molecule has 31 heavy (non-hydrogen) atoms. The molecule has 160 valence electrons. The molecule has 0 saturated heterocycles. The molecule has 1 aliphatic carbocycles. The van der Waals surface area contributed by atoms with E-state index in [9.17, 15) is 5.26 Å². The molecule has 1 saturated carbocycles. The average molecular weight is 414 g/mol. The minimum atomic E-state index is 0.472. The normalized spacial score (nSPS) is 18.5. The maximum Gasteiger partial charge on any atom is 0.128 e. The second-order valence-corrected chi connectivity index (χ2v) is 8.70. The molecule has 3 aromatic rings. The van der Waals surface area contributed by atoms with Crippen LogP contribution in [0.4, 0.5) is 11.5 Å². The van der Waals surface area contributed by atoms with Gasteiger partial charge in [-0.2, -0.15) is 5.26 Å². The Morgan fingerprint density at radius 2 is 1.77 bits per heavy atom. The van der Waals surface area contributed by atoms with E-state index in [2.05, 4.69) is 60.0 Å². The molecule has 0 atom stereocenters. The zero-order valence-electron chi connectivity index (χ0n) is 18.4. The maximum absolute atomic E-state index is 9.23. The van der Waals surface area contributed by atoms with Crippen LogP contribution < -0.4 is 15.5 Å². The second kappa shape index (κ2) is 9.80. The fraction of sp³-hybridized carbons (Fsp3) is 0.385. The molecule has 2 N–H and O–H groups in total. The standard InChI is InChI=1S/C26H31N5/c1-31(2)25-15-26(30-24-10-6-5-9-23(24)25)29-22-13-11-19(12-14-22)17-28-18-21-8-4-3-7-20(21)16-27/h3-10,15,19,22,28H,11-14,17-18H2,1-2H3,(H,29,30). The molecule has 0 aliphatic heterocycles. The van der Waals surface area contributed by atoms with Gasteiger partial charge in [0.2, 0.25) is 0 Å². The van der Waals surface area contributed by atoms with E-state index in [4.69, 9.17) is 4.98 Å². The van der Waals surface area contributed by atoms with Gasteiger partial charge in [-0.25, -0.2) is 4.98 Å². The van der Waals surface area contributed by atoms with Crippen LogP contribution in [0.3, 0.4) is 0 Å². The molecule has 5 nitrogen and oxygen atoms in total. The minimum absolute atomic E-state index is 0.472.